The number of aliphatic carboxylic acids is 1. The predicted octanol–water partition coefficient (Wildman–Crippen LogP) is 0.763. The summed E-state index contributed by atoms with van der Waals surface area (Å²) >= 11 is 0. The Kier molecular flexibility index (Phi) is 5.32. The molecular formula is C27H41NO8. The van der Waals surface area contributed by atoms with Crippen LogP contribution in [0.25, 0.3) is 0 Å². The molecule has 0 aromatic heterocycles. The van der Waals surface area contributed by atoms with Crippen molar-refractivity contribution in [2.75, 3.05) is 13.1 Å². The van der Waals surface area contributed by atoms with E-state index in [2.05, 4.69) is 11.8 Å². The molecular weight excluding hydrogens is 466 g/mol. The Morgan fingerprint density at radius 1 is 1.11 bits per heavy atom. The van der Waals surface area contributed by atoms with Crippen LogP contribution in [0.4, 0.5) is 0 Å². The van der Waals surface area contributed by atoms with E-state index in [0.29, 0.717) is 31.7 Å². The molecule has 13 atom stereocenters. The molecule has 6 rings (SSSR count). The number of ether oxygens (including phenoxy) is 1. The van der Waals surface area contributed by atoms with Crippen LogP contribution in [0.1, 0.15) is 65.7 Å². The Balaban J connectivity index is 1.45. The minimum absolute atomic E-state index is 0.111. The molecule has 2 bridgehead atoms. The number of carboxylic acids is 1. The van der Waals surface area contributed by atoms with Crippen molar-refractivity contribution in [1.29, 1.82) is 0 Å². The molecule has 0 aromatic rings. The van der Waals surface area contributed by atoms with Gasteiger partial charge < -0.3 is 30.3 Å². The van der Waals surface area contributed by atoms with Gasteiger partial charge >= 0.3 is 11.9 Å². The highest BCUT2D eigenvalue weighted by atomic mass is 16.6. The molecule has 1 spiro atoms. The SMILES string of the molecule is C[C@H]1CC[C@@H]2N(C1)C[C@@H]1[C@H]([C@@H](O)[C@H](O)[C@]3(O)[C@H]1C[C@@]14OC(=O)[C@@H](CC[C@@H]31)[C@]4(C)CCC(=O)O)[C@]2(C)O. The summed E-state index contributed by atoms with van der Waals surface area (Å²) in [4.78, 5) is 26.9. The zero-order valence-corrected chi connectivity index (χ0v) is 21.5. The average molecular weight is 508 g/mol. The maximum atomic E-state index is 13.1. The molecule has 9 heteroatoms. The summed E-state index contributed by atoms with van der Waals surface area (Å²) in [7, 11) is 0. The van der Waals surface area contributed by atoms with Gasteiger partial charge in [-0.15, -0.1) is 0 Å². The van der Waals surface area contributed by atoms with Gasteiger partial charge in [0.1, 0.15) is 17.3 Å². The number of nitrogens with zero attached hydrogens (tertiary/aromatic N) is 1. The first-order chi connectivity index (χ1) is 16.8. The molecule has 6 aliphatic rings. The summed E-state index contributed by atoms with van der Waals surface area (Å²) in [6.45, 7) is 7.30. The fourth-order valence-electron chi connectivity index (χ4n) is 10.4. The van der Waals surface area contributed by atoms with Crippen LogP contribution in [0.2, 0.25) is 0 Å². The number of rotatable bonds is 3. The molecule has 9 nitrogen and oxygen atoms in total. The Hall–Kier alpha value is -1.26. The molecule has 3 saturated heterocycles. The van der Waals surface area contributed by atoms with Gasteiger partial charge in [-0.2, -0.15) is 0 Å². The molecule has 6 fully saturated rings. The average Bonchev–Trinajstić information content (AvgIpc) is 3.09. The molecule has 3 heterocycles. The molecule has 0 aromatic carbocycles. The van der Waals surface area contributed by atoms with Gasteiger partial charge in [0.15, 0.2) is 0 Å². The van der Waals surface area contributed by atoms with Crippen LogP contribution in [0.15, 0.2) is 0 Å². The second-order valence-electron chi connectivity index (χ2n) is 13.5. The lowest BCUT2D eigenvalue weighted by Crippen LogP contribution is -2.76. The molecule has 3 aliphatic heterocycles. The van der Waals surface area contributed by atoms with E-state index in [1.807, 2.05) is 6.92 Å². The maximum absolute atomic E-state index is 13.1. The zero-order valence-electron chi connectivity index (χ0n) is 21.5. The van der Waals surface area contributed by atoms with Crippen LogP contribution in [-0.4, -0.2) is 90.5 Å². The van der Waals surface area contributed by atoms with Crippen molar-refractivity contribution in [3.63, 3.8) is 0 Å². The lowest BCUT2D eigenvalue weighted by molar-refractivity contribution is -0.282. The zero-order chi connectivity index (χ0) is 26.0. The van der Waals surface area contributed by atoms with E-state index in [-0.39, 0.29) is 30.8 Å². The topological polar surface area (TPSA) is 148 Å². The summed E-state index contributed by atoms with van der Waals surface area (Å²) in [6, 6.07) is -0.126. The van der Waals surface area contributed by atoms with Crippen LogP contribution in [-0.2, 0) is 14.3 Å². The molecule has 0 radical (unpaired) electrons. The Morgan fingerprint density at radius 3 is 2.53 bits per heavy atom. The Labute approximate surface area is 211 Å². The molecule has 0 amide bonds. The molecule has 5 N–H and O–H groups in total. The standard InChI is InChI=1S/C27H41NO8/c1-13-4-7-18-25(3,34)20-14(12-28(18)11-13)16-10-26-17(27(16,35)22(32)21(20)31)6-5-15(23(33)36-26)24(26,2)9-8-19(29)30/h13-18,20-22,31-32,34-35H,4-12H2,1-3H3,(H,29,30)/t13-,14-,15+,16-,17+,18-,20+,21+,22-,24-,25+,26+,27-/m0/s1. The highest BCUT2D eigenvalue weighted by Gasteiger charge is 2.81. The summed E-state index contributed by atoms with van der Waals surface area (Å²) in [6.07, 6.45) is 0.357. The minimum Gasteiger partial charge on any atom is -0.481 e. The molecule has 3 saturated carbocycles. The number of esters is 1. The second-order valence-corrected chi connectivity index (χ2v) is 13.5. The normalized spacial score (nSPS) is 57.9. The Morgan fingerprint density at radius 2 is 1.83 bits per heavy atom. The van der Waals surface area contributed by atoms with Crippen LogP contribution >= 0.6 is 0 Å². The van der Waals surface area contributed by atoms with E-state index in [9.17, 15) is 35.1 Å². The molecule has 202 valence electrons. The highest BCUT2D eigenvalue weighted by molar-refractivity contribution is 5.78. The summed E-state index contributed by atoms with van der Waals surface area (Å²) < 4.78 is 6.18. The fourth-order valence-corrected chi connectivity index (χ4v) is 10.4. The minimum atomic E-state index is -1.69. The number of carboxylic acid groups (broad SMARTS) is 1. The summed E-state index contributed by atoms with van der Waals surface area (Å²) in [5.41, 5.74) is -4.84. The van der Waals surface area contributed by atoms with Crippen molar-refractivity contribution in [3.05, 3.63) is 0 Å². The van der Waals surface area contributed by atoms with E-state index < -0.39 is 64.1 Å². The van der Waals surface area contributed by atoms with E-state index in [4.69, 9.17) is 4.74 Å². The summed E-state index contributed by atoms with van der Waals surface area (Å²) in [5.74, 6) is -3.29. The number of carbonyl (C=O) groups is 2. The number of hydrogen-bond acceptors (Lipinski definition) is 8. The largest absolute Gasteiger partial charge is 0.481 e. The van der Waals surface area contributed by atoms with Gasteiger partial charge in [0.25, 0.3) is 0 Å². The third-order valence-electron chi connectivity index (χ3n) is 12.0. The third-order valence-corrected chi connectivity index (χ3v) is 12.0. The van der Waals surface area contributed by atoms with Crippen LogP contribution in [0.3, 0.4) is 0 Å². The number of aliphatic hydroxyl groups excluding tert-OH is 2. The molecule has 36 heavy (non-hydrogen) atoms. The van der Waals surface area contributed by atoms with Gasteiger partial charge in [-0.1, -0.05) is 13.8 Å². The van der Waals surface area contributed by atoms with Crippen molar-refractivity contribution < 1.29 is 39.9 Å². The van der Waals surface area contributed by atoms with Crippen molar-refractivity contribution in [1.82, 2.24) is 4.90 Å². The van der Waals surface area contributed by atoms with Crippen LogP contribution in [0.5, 0.6) is 0 Å². The van der Waals surface area contributed by atoms with Crippen molar-refractivity contribution in [2.24, 2.45) is 40.9 Å². The first kappa shape index (κ1) is 25.0. The van der Waals surface area contributed by atoms with Gasteiger partial charge in [0.2, 0.25) is 0 Å². The first-order valence-corrected chi connectivity index (χ1v) is 13.8. The van der Waals surface area contributed by atoms with E-state index >= 15 is 0 Å². The molecule has 3 aliphatic carbocycles. The number of carbonyl (C=O) groups excluding carboxylic acids is 1. The number of aliphatic hydroxyl groups is 4. The molecule has 0 unspecified atom stereocenters. The smallest absolute Gasteiger partial charge is 0.310 e. The lowest BCUT2D eigenvalue weighted by Gasteiger charge is -2.63. The lowest BCUT2D eigenvalue weighted by atomic mass is 9.51. The highest BCUT2D eigenvalue weighted by Crippen LogP contribution is 2.72. The van der Waals surface area contributed by atoms with Gasteiger partial charge in [-0.25, -0.2) is 0 Å². The van der Waals surface area contributed by atoms with Gasteiger partial charge in [-0.3, -0.25) is 14.5 Å². The van der Waals surface area contributed by atoms with E-state index in [0.717, 1.165) is 19.4 Å². The van der Waals surface area contributed by atoms with E-state index in [1.54, 1.807) is 6.92 Å². The third kappa shape index (κ3) is 2.84. The summed E-state index contributed by atoms with van der Waals surface area (Å²) in [5, 5.41) is 56.8. The maximum Gasteiger partial charge on any atom is 0.310 e. The van der Waals surface area contributed by atoms with Gasteiger partial charge in [0, 0.05) is 42.8 Å². The van der Waals surface area contributed by atoms with Crippen molar-refractivity contribution >= 4 is 11.9 Å². The van der Waals surface area contributed by atoms with Crippen LogP contribution < -0.4 is 0 Å². The van der Waals surface area contributed by atoms with Crippen molar-refractivity contribution in [2.45, 2.75) is 101 Å². The first-order valence-electron chi connectivity index (χ1n) is 13.8. The monoisotopic (exact) mass is 507 g/mol. The van der Waals surface area contributed by atoms with Crippen molar-refractivity contribution in [3.8, 4) is 0 Å². The van der Waals surface area contributed by atoms with Crippen LogP contribution in [0, 0.1) is 40.9 Å². The fraction of sp³-hybridized carbons (Fsp3) is 0.926. The number of fused-ring (bicyclic) bond motifs is 6. The number of piperidine rings is 2. The number of hydrogen-bond donors (Lipinski definition) is 5. The van der Waals surface area contributed by atoms with Gasteiger partial charge in [-0.05, 0) is 63.2 Å². The van der Waals surface area contributed by atoms with Gasteiger partial charge in [0.05, 0.1) is 17.6 Å². The quantitative estimate of drug-likeness (QED) is 0.349. The van der Waals surface area contributed by atoms with E-state index in [1.165, 1.54) is 0 Å². The Bertz CT molecular complexity index is 971. The second kappa shape index (κ2) is 7.65. The predicted molar refractivity (Wildman–Crippen MR) is 126 cm³/mol.